The zero-order valence-electron chi connectivity index (χ0n) is 50.0. The van der Waals surface area contributed by atoms with Crippen LogP contribution in [0.3, 0.4) is 0 Å². The van der Waals surface area contributed by atoms with E-state index >= 15 is 0 Å². The summed E-state index contributed by atoms with van der Waals surface area (Å²) in [5.74, 6) is -8.22. The van der Waals surface area contributed by atoms with Gasteiger partial charge in [0.05, 0.1) is 98.7 Å². The topological polar surface area (TPSA) is 382 Å². The summed E-state index contributed by atoms with van der Waals surface area (Å²) in [6.45, 7) is 6.92. The van der Waals surface area contributed by atoms with Crippen LogP contribution in [0.1, 0.15) is 79.1 Å². The van der Waals surface area contributed by atoms with Gasteiger partial charge >= 0.3 is 5.97 Å². The fraction of sp³-hybridized carbons (Fsp3) is 0.651. The molecule has 87 heavy (non-hydrogen) atoms. The van der Waals surface area contributed by atoms with Crippen molar-refractivity contribution in [1.29, 1.82) is 0 Å². The fourth-order valence-corrected chi connectivity index (χ4v) is 11.5. The molecule has 0 aromatic heterocycles. The molecule has 4 unspecified atom stereocenters. The van der Waals surface area contributed by atoms with E-state index in [0.717, 1.165) is 5.69 Å². The number of nitrogens with one attached hydrogen (secondary N) is 1. The number of anilines is 1. The summed E-state index contributed by atoms with van der Waals surface area (Å²) < 4.78 is 29.8. The molecule has 0 aliphatic carbocycles. The second-order valence-electron chi connectivity index (χ2n) is 23.9. The second-order valence-corrected chi connectivity index (χ2v) is 23.9. The van der Waals surface area contributed by atoms with E-state index in [1.807, 2.05) is 43.3 Å². The number of cyclic esters (lactones) is 1. The standard InChI is InChI=1S/C63H95N3O21/c1-38-20-16-13-11-9-7-5-6-8-10-12-14-19-23-46(86-61-58(78)54(56(76)41(4)85-61)64-37-63(82)59(79)57(77)50(73)36-83-63)33-51-53(60(80)66-28-26-65(27-29-66)42-21-17-15-18-22-42)49(72)35-62(81,87-51)34-45(69)31-48(71)47(70)25-24-43(67)30-44(68)32-52(74)84-40(3)39(2)55(38)75/h5-23,38-41,43-51,53-59,61,64,67-73,75-79,81-82H,24-37H2,1-4H3/b6-5+,9-7+,10-8+,13-11+,14-12+,20-16+,23-19+/t38-,39?,40-,41+,43+,44+,45-,46-,47+,48+,49-,50+,51?,53?,54-,55+,56+,57+,58-,59-,61?,62+,63+/m0/s1. The lowest BCUT2D eigenvalue weighted by Gasteiger charge is -2.48. The molecular formula is C63H95N3O21. The van der Waals surface area contributed by atoms with E-state index < -0.39 is 184 Å². The first-order valence-corrected chi connectivity index (χ1v) is 30.2. The molecule has 24 nitrogen and oxygen atoms in total. The van der Waals surface area contributed by atoms with Crippen LogP contribution in [0.25, 0.3) is 0 Å². The molecule has 4 fully saturated rings. The normalized spacial score (nSPS) is 43.4. The molecule has 23 atom stereocenters. The van der Waals surface area contributed by atoms with Crippen LogP contribution < -0.4 is 10.2 Å². The molecule has 5 aliphatic heterocycles. The number of benzene rings is 1. The van der Waals surface area contributed by atoms with Crippen LogP contribution in [-0.2, 0) is 33.3 Å². The van der Waals surface area contributed by atoms with Gasteiger partial charge in [0.2, 0.25) is 11.7 Å². The van der Waals surface area contributed by atoms with E-state index in [1.54, 1.807) is 97.7 Å². The maximum absolute atomic E-state index is 14.8. The molecule has 4 saturated heterocycles. The van der Waals surface area contributed by atoms with Gasteiger partial charge in [0.15, 0.2) is 12.1 Å². The van der Waals surface area contributed by atoms with Crippen LogP contribution in [0.2, 0.25) is 0 Å². The molecule has 0 spiro atoms. The predicted octanol–water partition coefficient (Wildman–Crippen LogP) is -0.592. The van der Waals surface area contributed by atoms with Gasteiger partial charge in [-0.05, 0) is 45.2 Å². The highest BCUT2D eigenvalue weighted by Crippen LogP contribution is 2.39. The highest BCUT2D eigenvalue weighted by atomic mass is 16.7. The average Bonchev–Trinajstić information content (AvgIpc) is 1.15. The van der Waals surface area contributed by atoms with E-state index in [9.17, 15) is 81.1 Å². The lowest BCUT2D eigenvalue weighted by Crippen LogP contribution is -2.69. The summed E-state index contributed by atoms with van der Waals surface area (Å²) in [4.78, 5) is 31.3. The first-order chi connectivity index (χ1) is 41.3. The van der Waals surface area contributed by atoms with Crippen molar-refractivity contribution in [2.45, 2.75) is 201 Å². The molecule has 1 aromatic rings. The minimum atomic E-state index is -2.47. The Labute approximate surface area is 508 Å². The predicted molar refractivity (Wildman–Crippen MR) is 317 cm³/mol. The van der Waals surface area contributed by atoms with Gasteiger partial charge in [-0.3, -0.25) is 9.59 Å². The number of hydrogen-bond donors (Lipinski definition) is 15. The number of ether oxygens (including phenoxy) is 5. The number of carbonyl (C=O) groups is 2. The van der Waals surface area contributed by atoms with Crippen molar-refractivity contribution in [3.63, 3.8) is 0 Å². The molecule has 488 valence electrons. The number of carbonyl (C=O) groups excluding carboxylic acids is 2. The number of amides is 1. The van der Waals surface area contributed by atoms with Crippen LogP contribution in [0.15, 0.2) is 115 Å². The highest BCUT2D eigenvalue weighted by Gasteiger charge is 2.53. The number of hydrogen-bond acceptors (Lipinski definition) is 23. The molecule has 5 heterocycles. The van der Waals surface area contributed by atoms with Crippen LogP contribution in [0, 0.1) is 17.8 Å². The van der Waals surface area contributed by atoms with Crippen LogP contribution in [0.4, 0.5) is 5.69 Å². The Bertz CT molecular complexity index is 2480. The van der Waals surface area contributed by atoms with Crippen molar-refractivity contribution in [3.8, 4) is 0 Å². The van der Waals surface area contributed by atoms with E-state index in [1.165, 1.54) is 6.92 Å². The Balaban J connectivity index is 1.28. The third-order valence-electron chi connectivity index (χ3n) is 17.0. The summed E-state index contributed by atoms with van der Waals surface area (Å²) in [5.41, 5.74) is 0.958. The molecule has 15 N–H and O–H groups in total. The summed E-state index contributed by atoms with van der Waals surface area (Å²) in [6, 6.07) is 8.28. The summed E-state index contributed by atoms with van der Waals surface area (Å²) in [7, 11) is 0. The van der Waals surface area contributed by atoms with Crippen LogP contribution in [-0.4, -0.2) is 249 Å². The summed E-state index contributed by atoms with van der Waals surface area (Å²) in [5, 5.41) is 158. The third kappa shape index (κ3) is 21.0. The SMILES string of the molecule is CC1[C@H](C)OC(=O)C[C@H](O)C[C@H](O)CC[C@@H](O)[C@H](O)C[C@H](O)C[C@]2(O)C[C@H](O)C(C(=O)N3CCN(c4ccccc4)CC3)C(C[C@@H](OC3O[C@H](C)[C@@H](O)[C@H](NC[C@@]4(O)OC[C@@H](O)[C@@H](O)[C@@H]4O)[C@@H]3O)/C=C/C=C/C=C/C=C/C=C/C=C/C=C/[C@H](C)[C@H]1O)O2. The molecule has 2 bridgehead atoms. The molecule has 1 aromatic carbocycles. The van der Waals surface area contributed by atoms with Crippen molar-refractivity contribution >= 4 is 17.6 Å². The monoisotopic (exact) mass is 1230 g/mol. The van der Waals surface area contributed by atoms with Crippen LogP contribution >= 0.6 is 0 Å². The number of fused-ring (bicyclic) bond motifs is 2. The van der Waals surface area contributed by atoms with E-state index in [-0.39, 0.29) is 44.7 Å². The van der Waals surface area contributed by atoms with Crippen molar-refractivity contribution in [2.24, 2.45) is 17.8 Å². The van der Waals surface area contributed by atoms with Gasteiger partial charge in [-0.25, -0.2) is 0 Å². The van der Waals surface area contributed by atoms with Crippen molar-refractivity contribution < 1.29 is 105 Å². The lowest BCUT2D eigenvalue weighted by atomic mass is 9.81. The molecule has 0 radical (unpaired) electrons. The molecule has 24 heteroatoms. The van der Waals surface area contributed by atoms with Gasteiger partial charge in [0.1, 0.15) is 30.5 Å². The van der Waals surface area contributed by atoms with Gasteiger partial charge in [0, 0.05) is 69.4 Å². The first kappa shape index (κ1) is 71.5. The number of piperazine rings is 1. The van der Waals surface area contributed by atoms with E-state index in [0.29, 0.717) is 13.1 Å². The Morgan fingerprint density at radius 2 is 1.24 bits per heavy atom. The Kier molecular flexibility index (Phi) is 27.9. The number of aliphatic hydroxyl groups is 14. The molecular weight excluding hydrogens is 1130 g/mol. The smallest absolute Gasteiger partial charge is 0.308 e. The largest absolute Gasteiger partial charge is 0.462 e. The number of aliphatic hydroxyl groups excluding tert-OH is 12. The minimum Gasteiger partial charge on any atom is -0.462 e. The van der Waals surface area contributed by atoms with E-state index in [2.05, 4.69) is 10.2 Å². The number of esters is 1. The molecule has 5 aliphatic rings. The number of para-hydroxylation sites is 1. The van der Waals surface area contributed by atoms with Gasteiger partial charge in [-0.15, -0.1) is 0 Å². The number of nitrogens with zero attached hydrogens (tertiary/aromatic N) is 2. The summed E-state index contributed by atoms with van der Waals surface area (Å²) >= 11 is 0. The maximum atomic E-state index is 14.8. The molecule has 0 saturated carbocycles. The van der Waals surface area contributed by atoms with Gasteiger partial charge in [0.25, 0.3) is 0 Å². The molecule has 6 rings (SSSR count). The number of rotatable bonds is 7. The van der Waals surface area contributed by atoms with Gasteiger partial charge in [-0.1, -0.05) is 117 Å². The van der Waals surface area contributed by atoms with Crippen molar-refractivity contribution in [2.75, 3.05) is 44.2 Å². The highest BCUT2D eigenvalue weighted by molar-refractivity contribution is 5.80. The lowest BCUT2D eigenvalue weighted by molar-refractivity contribution is -0.323. The maximum Gasteiger partial charge on any atom is 0.308 e. The zero-order chi connectivity index (χ0) is 63.6. The van der Waals surface area contributed by atoms with E-state index in [4.69, 9.17) is 23.7 Å². The van der Waals surface area contributed by atoms with Gasteiger partial charge < -0.3 is 110 Å². The zero-order valence-corrected chi connectivity index (χ0v) is 50.0. The Morgan fingerprint density at radius 1 is 0.632 bits per heavy atom. The molecule has 1 amide bonds. The first-order valence-electron chi connectivity index (χ1n) is 30.2. The van der Waals surface area contributed by atoms with Crippen molar-refractivity contribution in [3.05, 3.63) is 115 Å². The van der Waals surface area contributed by atoms with Crippen LogP contribution in [0.5, 0.6) is 0 Å². The fourth-order valence-electron chi connectivity index (χ4n) is 11.5. The second kappa shape index (κ2) is 34.0. The summed E-state index contributed by atoms with van der Waals surface area (Å²) in [6.07, 6.45) is -2.91. The Morgan fingerprint density at radius 3 is 1.87 bits per heavy atom. The van der Waals surface area contributed by atoms with Crippen molar-refractivity contribution in [1.82, 2.24) is 10.2 Å². The Hall–Kier alpha value is -4.62. The quantitative estimate of drug-likeness (QED) is 0.152. The average molecular weight is 1230 g/mol. The third-order valence-corrected chi connectivity index (χ3v) is 17.0. The van der Waals surface area contributed by atoms with Gasteiger partial charge in [-0.2, -0.15) is 0 Å². The minimum absolute atomic E-state index is 0.130. The number of allylic oxidation sites excluding steroid dienone is 12.